The van der Waals surface area contributed by atoms with Crippen molar-refractivity contribution in [2.24, 2.45) is 0 Å². The van der Waals surface area contributed by atoms with Crippen LogP contribution in [0.4, 0.5) is 10.5 Å². The zero-order valence-corrected chi connectivity index (χ0v) is 20.0. The predicted octanol–water partition coefficient (Wildman–Crippen LogP) is 3.45. The fourth-order valence-electron chi connectivity index (χ4n) is 4.32. The van der Waals surface area contributed by atoms with Crippen LogP contribution in [0.5, 0.6) is 0 Å². The molecule has 1 aliphatic heterocycles. The van der Waals surface area contributed by atoms with Crippen molar-refractivity contribution in [1.82, 2.24) is 15.5 Å². The summed E-state index contributed by atoms with van der Waals surface area (Å²) in [6.45, 7) is 1.77. The Balaban J connectivity index is 1.41. The van der Waals surface area contributed by atoms with Crippen molar-refractivity contribution in [2.75, 3.05) is 18.4 Å². The number of hydrogen-bond donors (Lipinski definition) is 3. The molecule has 8 heteroatoms. The van der Waals surface area contributed by atoms with Gasteiger partial charge < -0.3 is 16.0 Å². The third-order valence-electron chi connectivity index (χ3n) is 6.26. The molecule has 0 aromatic heterocycles. The number of benzene rings is 3. The van der Waals surface area contributed by atoms with E-state index in [2.05, 4.69) is 16.0 Å². The van der Waals surface area contributed by atoms with Crippen molar-refractivity contribution in [1.29, 1.82) is 0 Å². The van der Waals surface area contributed by atoms with Crippen molar-refractivity contribution < 1.29 is 19.2 Å². The van der Waals surface area contributed by atoms with Gasteiger partial charge in [-0.1, -0.05) is 79.7 Å². The van der Waals surface area contributed by atoms with Crippen molar-refractivity contribution in [3.63, 3.8) is 0 Å². The summed E-state index contributed by atoms with van der Waals surface area (Å²) in [5.41, 5.74) is 1.15. The number of carbonyl (C=O) groups is 4. The minimum Gasteiger partial charge on any atom is -0.352 e. The van der Waals surface area contributed by atoms with Gasteiger partial charge in [-0.3, -0.25) is 19.3 Å². The zero-order valence-electron chi connectivity index (χ0n) is 20.0. The number of nitrogens with zero attached hydrogens (tertiary/aromatic N) is 1. The summed E-state index contributed by atoms with van der Waals surface area (Å²) in [6.07, 6.45) is 1.01. The van der Waals surface area contributed by atoms with Crippen LogP contribution < -0.4 is 16.0 Å². The SMILES string of the molecule is CCC1(c2ccccc2)NC(=O)N(CC(=O)Nc2ccccc2C(=O)NCCc2ccccc2)C1=O. The van der Waals surface area contributed by atoms with E-state index in [-0.39, 0.29) is 5.91 Å². The fourth-order valence-corrected chi connectivity index (χ4v) is 4.32. The highest BCUT2D eigenvalue weighted by Crippen LogP contribution is 2.32. The van der Waals surface area contributed by atoms with Crippen LogP contribution in [0, 0.1) is 0 Å². The lowest BCUT2D eigenvalue weighted by Gasteiger charge is -2.25. The number of para-hydroxylation sites is 1. The molecule has 3 N–H and O–H groups in total. The summed E-state index contributed by atoms with van der Waals surface area (Å²) < 4.78 is 0. The molecule has 1 saturated heterocycles. The molecule has 184 valence electrons. The van der Waals surface area contributed by atoms with Gasteiger partial charge in [-0.15, -0.1) is 0 Å². The average Bonchev–Trinajstić information content (AvgIpc) is 3.15. The molecular formula is C28H28N4O4. The largest absolute Gasteiger partial charge is 0.352 e. The molecule has 5 amide bonds. The van der Waals surface area contributed by atoms with Gasteiger partial charge in [0.25, 0.3) is 11.8 Å². The number of carbonyl (C=O) groups excluding carboxylic acids is 4. The third-order valence-corrected chi connectivity index (χ3v) is 6.26. The summed E-state index contributed by atoms with van der Waals surface area (Å²) in [5, 5.41) is 8.31. The molecule has 1 fully saturated rings. The maximum atomic E-state index is 13.3. The summed E-state index contributed by atoms with van der Waals surface area (Å²) in [5.74, 6) is -1.39. The van der Waals surface area contributed by atoms with Gasteiger partial charge in [0.15, 0.2) is 0 Å². The van der Waals surface area contributed by atoms with Gasteiger partial charge in [-0.05, 0) is 36.1 Å². The normalized spacial score (nSPS) is 17.0. The molecule has 0 bridgehead atoms. The highest BCUT2D eigenvalue weighted by atomic mass is 16.2. The predicted molar refractivity (Wildman–Crippen MR) is 136 cm³/mol. The van der Waals surface area contributed by atoms with Crippen LogP contribution in [0.15, 0.2) is 84.9 Å². The second-order valence-corrected chi connectivity index (χ2v) is 8.53. The molecule has 0 spiro atoms. The van der Waals surface area contributed by atoms with Crippen LogP contribution in [-0.4, -0.2) is 41.7 Å². The molecule has 8 nitrogen and oxygen atoms in total. The van der Waals surface area contributed by atoms with E-state index in [0.29, 0.717) is 36.2 Å². The molecule has 0 aliphatic carbocycles. The van der Waals surface area contributed by atoms with Crippen molar-refractivity contribution >= 4 is 29.4 Å². The Labute approximate surface area is 209 Å². The Bertz CT molecular complexity index is 1260. The van der Waals surface area contributed by atoms with Crippen molar-refractivity contribution in [2.45, 2.75) is 25.3 Å². The third kappa shape index (κ3) is 5.12. The Morgan fingerprint density at radius 3 is 2.22 bits per heavy atom. The lowest BCUT2D eigenvalue weighted by molar-refractivity contribution is -0.134. The highest BCUT2D eigenvalue weighted by molar-refractivity contribution is 6.11. The Morgan fingerprint density at radius 1 is 0.889 bits per heavy atom. The number of hydrogen-bond acceptors (Lipinski definition) is 4. The molecule has 1 unspecified atom stereocenters. The maximum Gasteiger partial charge on any atom is 0.325 e. The van der Waals surface area contributed by atoms with Crippen molar-refractivity contribution in [3.8, 4) is 0 Å². The van der Waals surface area contributed by atoms with E-state index < -0.39 is 29.9 Å². The van der Waals surface area contributed by atoms with Gasteiger partial charge in [0.05, 0.1) is 11.3 Å². The number of anilines is 1. The number of nitrogens with one attached hydrogen (secondary N) is 3. The quantitative estimate of drug-likeness (QED) is 0.404. The Kier molecular flexibility index (Phi) is 7.44. The summed E-state index contributed by atoms with van der Waals surface area (Å²) in [4.78, 5) is 52.5. The molecule has 3 aromatic carbocycles. The smallest absolute Gasteiger partial charge is 0.325 e. The highest BCUT2D eigenvalue weighted by Gasteiger charge is 2.51. The van der Waals surface area contributed by atoms with E-state index in [1.807, 2.05) is 36.4 Å². The fraction of sp³-hybridized carbons (Fsp3) is 0.214. The first kappa shape index (κ1) is 24.7. The number of amides is 5. The van der Waals surface area contributed by atoms with Gasteiger partial charge in [0.1, 0.15) is 12.1 Å². The van der Waals surface area contributed by atoms with Gasteiger partial charge in [0, 0.05) is 6.54 Å². The molecule has 0 saturated carbocycles. The molecule has 1 atom stereocenters. The summed E-state index contributed by atoms with van der Waals surface area (Å²) >= 11 is 0. The van der Waals surface area contributed by atoms with E-state index in [0.717, 1.165) is 10.5 Å². The average molecular weight is 485 g/mol. The summed E-state index contributed by atoms with van der Waals surface area (Å²) in [7, 11) is 0. The minimum atomic E-state index is -1.21. The van der Waals surface area contributed by atoms with E-state index >= 15 is 0 Å². The van der Waals surface area contributed by atoms with Gasteiger partial charge in [0.2, 0.25) is 5.91 Å². The van der Waals surface area contributed by atoms with E-state index in [1.54, 1.807) is 55.5 Å². The van der Waals surface area contributed by atoms with Gasteiger partial charge >= 0.3 is 6.03 Å². The van der Waals surface area contributed by atoms with Crippen LogP contribution >= 0.6 is 0 Å². The number of rotatable bonds is 9. The van der Waals surface area contributed by atoms with Crippen molar-refractivity contribution in [3.05, 3.63) is 102 Å². The van der Waals surface area contributed by atoms with Gasteiger partial charge in [-0.25, -0.2) is 4.79 Å². The molecule has 0 radical (unpaired) electrons. The molecule has 4 rings (SSSR count). The maximum absolute atomic E-state index is 13.3. The molecule has 36 heavy (non-hydrogen) atoms. The molecule has 3 aromatic rings. The first-order valence-electron chi connectivity index (χ1n) is 11.8. The molecular weight excluding hydrogens is 456 g/mol. The second-order valence-electron chi connectivity index (χ2n) is 8.53. The standard InChI is InChI=1S/C28H28N4O4/c1-2-28(21-13-7-4-8-14-21)26(35)32(27(36)31-28)19-24(33)30-23-16-10-9-15-22(23)25(34)29-18-17-20-11-5-3-6-12-20/h3-16H,2,17-19H2,1H3,(H,29,34)(H,30,33)(H,31,36). The second kappa shape index (κ2) is 10.9. The molecule has 1 heterocycles. The van der Waals surface area contributed by atoms with E-state index in [9.17, 15) is 19.2 Å². The Morgan fingerprint density at radius 2 is 1.53 bits per heavy atom. The number of imide groups is 1. The number of urea groups is 1. The van der Waals surface area contributed by atoms with Crippen LogP contribution in [-0.2, 0) is 21.5 Å². The first-order valence-corrected chi connectivity index (χ1v) is 11.8. The topological polar surface area (TPSA) is 108 Å². The van der Waals surface area contributed by atoms with Crippen LogP contribution in [0.2, 0.25) is 0 Å². The van der Waals surface area contributed by atoms with Crippen LogP contribution in [0.3, 0.4) is 0 Å². The van der Waals surface area contributed by atoms with Crippen LogP contribution in [0.25, 0.3) is 0 Å². The monoisotopic (exact) mass is 484 g/mol. The zero-order chi connectivity index (χ0) is 25.5. The summed E-state index contributed by atoms with van der Waals surface area (Å²) in [6, 6.07) is 24.7. The van der Waals surface area contributed by atoms with Gasteiger partial charge in [-0.2, -0.15) is 0 Å². The lowest BCUT2D eigenvalue weighted by Crippen LogP contribution is -2.44. The lowest BCUT2D eigenvalue weighted by atomic mass is 9.87. The van der Waals surface area contributed by atoms with Crippen LogP contribution in [0.1, 0.15) is 34.8 Å². The Hall–Kier alpha value is -4.46. The first-order chi connectivity index (χ1) is 17.4. The molecule has 1 aliphatic rings. The minimum absolute atomic E-state index is 0.295. The van der Waals surface area contributed by atoms with E-state index in [4.69, 9.17) is 0 Å². The van der Waals surface area contributed by atoms with E-state index in [1.165, 1.54) is 0 Å².